The summed E-state index contributed by atoms with van der Waals surface area (Å²) >= 11 is 4.42. The first-order valence-corrected chi connectivity index (χ1v) is 2.57. The Balaban J connectivity index is 4.26. The van der Waals surface area contributed by atoms with Gasteiger partial charge in [-0.05, 0) is 0 Å². The third-order valence-electron chi connectivity index (χ3n) is 0.744. The van der Waals surface area contributed by atoms with Crippen LogP contribution in [0.15, 0.2) is 0 Å². The Kier molecular flexibility index (Phi) is 2.91. The Morgan fingerprint density at radius 2 is 1.80 bits per heavy atom. The van der Waals surface area contributed by atoms with Crippen molar-refractivity contribution >= 4 is 11.6 Å². The van der Waals surface area contributed by atoms with Crippen LogP contribution < -0.4 is 0 Å². The SMILES string of the molecule is N#CC(C(F)Cl)C(F)(F)F. The van der Waals surface area contributed by atoms with Gasteiger partial charge in [0, 0.05) is 0 Å². The molecule has 0 saturated heterocycles. The van der Waals surface area contributed by atoms with Gasteiger partial charge in [0.2, 0.25) is 0 Å². The molecule has 0 N–H and O–H groups in total. The number of rotatable bonds is 1. The molecule has 0 radical (unpaired) electrons. The van der Waals surface area contributed by atoms with E-state index in [9.17, 15) is 17.6 Å². The van der Waals surface area contributed by atoms with Crippen LogP contribution in [-0.2, 0) is 0 Å². The molecule has 0 aliphatic carbocycles. The number of hydrogen-bond donors (Lipinski definition) is 0. The van der Waals surface area contributed by atoms with E-state index in [1.54, 1.807) is 0 Å². The summed E-state index contributed by atoms with van der Waals surface area (Å²) in [5.41, 5.74) is -2.69. The molecule has 0 aromatic heterocycles. The first-order valence-electron chi connectivity index (χ1n) is 2.14. The zero-order valence-electron chi connectivity index (χ0n) is 4.49. The number of nitriles is 1. The van der Waals surface area contributed by atoms with Gasteiger partial charge in [-0.3, -0.25) is 0 Å². The molecule has 6 heteroatoms. The van der Waals surface area contributed by atoms with Gasteiger partial charge in [0.1, 0.15) is 0 Å². The van der Waals surface area contributed by atoms with Crippen molar-refractivity contribution in [3.05, 3.63) is 0 Å². The predicted octanol–water partition coefficient (Wildman–Crippen LogP) is 2.22. The lowest BCUT2D eigenvalue weighted by Crippen LogP contribution is -2.27. The first-order chi connectivity index (χ1) is 4.39. The van der Waals surface area contributed by atoms with Gasteiger partial charge in [-0.2, -0.15) is 18.4 Å². The second-order valence-electron chi connectivity index (χ2n) is 1.48. The summed E-state index contributed by atoms with van der Waals surface area (Å²) in [5.74, 6) is -2.73. The molecule has 0 heterocycles. The van der Waals surface area contributed by atoms with Gasteiger partial charge in [-0.25, -0.2) is 4.39 Å². The highest BCUT2D eigenvalue weighted by Crippen LogP contribution is 2.31. The van der Waals surface area contributed by atoms with Crippen molar-refractivity contribution in [2.24, 2.45) is 5.92 Å². The summed E-state index contributed by atoms with van der Waals surface area (Å²) in [5, 5.41) is 7.74. The Labute approximate surface area is 59.2 Å². The van der Waals surface area contributed by atoms with E-state index in [4.69, 9.17) is 5.26 Å². The average Bonchev–Trinajstić information content (AvgIpc) is 1.60. The van der Waals surface area contributed by atoms with Crippen LogP contribution in [0, 0.1) is 17.2 Å². The number of nitrogens with zero attached hydrogens (tertiary/aromatic N) is 1. The van der Waals surface area contributed by atoms with E-state index >= 15 is 0 Å². The Morgan fingerprint density at radius 1 is 1.40 bits per heavy atom. The highest BCUT2D eigenvalue weighted by atomic mass is 35.5. The van der Waals surface area contributed by atoms with E-state index in [1.165, 1.54) is 0 Å². The highest BCUT2D eigenvalue weighted by Gasteiger charge is 2.45. The summed E-state index contributed by atoms with van der Waals surface area (Å²) in [6, 6.07) is 0.709. The molecule has 1 nitrogen and oxygen atoms in total. The molecule has 0 bridgehead atoms. The van der Waals surface area contributed by atoms with Crippen LogP contribution in [0.1, 0.15) is 0 Å². The van der Waals surface area contributed by atoms with Crippen molar-refractivity contribution in [1.82, 2.24) is 0 Å². The summed E-state index contributed by atoms with van der Waals surface area (Å²) < 4.78 is 46.0. The lowest BCUT2D eigenvalue weighted by atomic mass is 10.2. The van der Waals surface area contributed by atoms with Crippen LogP contribution >= 0.6 is 11.6 Å². The fraction of sp³-hybridized carbons (Fsp3) is 0.750. The molecule has 0 saturated carbocycles. The van der Waals surface area contributed by atoms with E-state index < -0.39 is 17.7 Å². The van der Waals surface area contributed by atoms with Gasteiger partial charge >= 0.3 is 6.18 Å². The maximum atomic E-state index is 11.7. The van der Waals surface area contributed by atoms with Crippen LogP contribution in [0.4, 0.5) is 17.6 Å². The third-order valence-corrected chi connectivity index (χ3v) is 0.996. The van der Waals surface area contributed by atoms with E-state index in [0.29, 0.717) is 6.07 Å². The van der Waals surface area contributed by atoms with E-state index in [1.807, 2.05) is 0 Å². The van der Waals surface area contributed by atoms with Crippen LogP contribution in [0.25, 0.3) is 0 Å². The fourth-order valence-electron chi connectivity index (χ4n) is 0.272. The topological polar surface area (TPSA) is 23.8 Å². The molecule has 0 spiro atoms. The van der Waals surface area contributed by atoms with Gasteiger partial charge in [0.25, 0.3) is 0 Å². The Hall–Kier alpha value is -0.500. The summed E-state index contributed by atoms with van der Waals surface area (Å²) in [6.45, 7) is 0. The standard InChI is InChI=1S/C4H2ClF4N/c5-3(6)2(1-10)4(7,8)9/h2-3H. The van der Waals surface area contributed by atoms with Crippen LogP contribution in [0.3, 0.4) is 0 Å². The summed E-state index contributed by atoms with van der Waals surface area (Å²) in [4.78, 5) is 0. The van der Waals surface area contributed by atoms with Crippen LogP contribution in [0.2, 0.25) is 0 Å². The molecule has 2 atom stereocenters. The Morgan fingerprint density at radius 3 is 1.80 bits per heavy atom. The zero-order valence-corrected chi connectivity index (χ0v) is 5.25. The second-order valence-corrected chi connectivity index (χ2v) is 1.90. The average molecular weight is 176 g/mol. The normalized spacial score (nSPS) is 17.6. The number of alkyl halides is 5. The molecule has 0 aliphatic heterocycles. The molecule has 10 heavy (non-hydrogen) atoms. The summed E-state index contributed by atoms with van der Waals surface area (Å²) in [7, 11) is 0. The minimum Gasteiger partial charge on any atom is -0.228 e. The molecule has 0 fully saturated rings. The first kappa shape index (κ1) is 9.50. The van der Waals surface area contributed by atoms with Crippen molar-refractivity contribution in [2.45, 2.75) is 11.8 Å². The molecule has 0 amide bonds. The maximum Gasteiger partial charge on any atom is 0.408 e. The maximum absolute atomic E-state index is 11.7. The van der Waals surface area contributed by atoms with Crippen molar-refractivity contribution < 1.29 is 17.6 Å². The molecule has 58 valence electrons. The summed E-state index contributed by atoms with van der Waals surface area (Å²) in [6.07, 6.45) is -4.88. The van der Waals surface area contributed by atoms with Crippen LogP contribution in [0.5, 0.6) is 0 Å². The quantitative estimate of drug-likeness (QED) is 0.443. The molecule has 0 rings (SSSR count). The minimum absolute atomic E-state index is 0.709. The van der Waals surface area contributed by atoms with Gasteiger partial charge in [0.05, 0.1) is 6.07 Å². The third kappa shape index (κ3) is 2.40. The van der Waals surface area contributed by atoms with E-state index in [0.717, 1.165) is 0 Å². The van der Waals surface area contributed by atoms with Crippen molar-refractivity contribution in [1.29, 1.82) is 5.26 Å². The zero-order chi connectivity index (χ0) is 8.36. The van der Waals surface area contributed by atoms with E-state index in [2.05, 4.69) is 11.6 Å². The van der Waals surface area contributed by atoms with E-state index in [-0.39, 0.29) is 0 Å². The lowest BCUT2D eigenvalue weighted by Gasteiger charge is -2.11. The smallest absolute Gasteiger partial charge is 0.228 e. The second kappa shape index (κ2) is 3.06. The van der Waals surface area contributed by atoms with Crippen LogP contribution in [-0.4, -0.2) is 11.8 Å². The molecule has 0 aliphatic rings. The van der Waals surface area contributed by atoms with Crippen molar-refractivity contribution in [3.8, 4) is 6.07 Å². The lowest BCUT2D eigenvalue weighted by molar-refractivity contribution is -0.166. The molecular weight excluding hydrogens is 173 g/mol. The predicted molar refractivity (Wildman–Crippen MR) is 25.9 cm³/mol. The van der Waals surface area contributed by atoms with Gasteiger partial charge in [-0.15, -0.1) is 0 Å². The monoisotopic (exact) mass is 175 g/mol. The fourth-order valence-corrected chi connectivity index (χ4v) is 0.472. The molecule has 2 unspecified atom stereocenters. The van der Waals surface area contributed by atoms with Crippen molar-refractivity contribution in [2.75, 3.05) is 0 Å². The molecule has 0 aromatic carbocycles. The van der Waals surface area contributed by atoms with Crippen molar-refractivity contribution in [3.63, 3.8) is 0 Å². The molecule has 0 aromatic rings. The minimum atomic E-state index is -4.88. The Bertz CT molecular complexity index is 146. The van der Waals surface area contributed by atoms with Gasteiger partial charge in [-0.1, -0.05) is 11.6 Å². The highest BCUT2D eigenvalue weighted by molar-refractivity contribution is 6.20. The van der Waals surface area contributed by atoms with Gasteiger partial charge in [0.15, 0.2) is 11.5 Å². The number of halogens is 5. The number of hydrogen-bond acceptors (Lipinski definition) is 1. The molecular formula is C4H2ClF4N. The van der Waals surface area contributed by atoms with Gasteiger partial charge < -0.3 is 0 Å². The largest absolute Gasteiger partial charge is 0.408 e.